The summed E-state index contributed by atoms with van der Waals surface area (Å²) in [6.07, 6.45) is 1.63. The third kappa shape index (κ3) is 2.39. The maximum atomic E-state index is 12.2. The van der Waals surface area contributed by atoms with Crippen molar-refractivity contribution < 1.29 is 4.79 Å². The summed E-state index contributed by atoms with van der Waals surface area (Å²) in [5.74, 6) is -0.154. The molecule has 20 heavy (non-hydrogen) atoms. The SMILES string of the molecule is NCc1cccc(C(=O)Nc2ccc3nc[nH]c3c2)c1. The number of aromatic amines is 1. The Morgan fingerprint density at radius 3 is 3.00 bits per heavy atom. The van der Waals surface area contributed by atoms with Gasteiger partial charge in [0.2, 0.25) is 0 Å². The van der Waals surface area contributed by atoms with Crippen LogP contribution in [0.5, 0.6) is 0 Å². The van der Waals surface area contributed by atoms with Gasteiger partial charge in [0.1, 0.15) is 0 Å². The van der Waals surface area contributed by atoms with E-state index in [0.717, 1.165) is 22.3 Å². The summed E-state index contributed by atoms with van der Waals surface area (Å²) in [6, 6.07) is 12.8. The van der Waals surface area contributed by atoms with Gasteiger partial charge >= 0.3 is 0 Å². The molecule has 4 N–H and O–H groups in total. The summed E-state index contributed by atoms with van der Waals surface area (Å²) in [7, 11) is 0. The van der Waals surface area contributed by atoms with Crippen LogP contribution in [0, 0.1) is 0 Å². The molecule has 5 nitrogen and oxygen atoms in total. The molecule has 3 rings (SSSR count). The molecule has 0 aliphatic carbocycles. The first-order valence-corrected chi connectivity index (χ1v) is 6.30. The lowest BCUT2D eigenvalue weighted by molar-refractivity contribution is 0.102. The second-order valence-electron chi connectivity index (χ2n) is 4.49. The molecule has 2 aromatic carbocycles. The Kier molecular flexibility index (Phi) is 3.18. The van der Waals surface area contributed by atoms with Crippen LogP contribution in [0.1, 0.15) is 15.9 Å². The van der Waals surface area contributed by atoms with Gasteiger partial charge in [0.25, 0.3) is 5.91 Å². The van der Waals surface area contributed by atoms with Crippen LogP contribution in [0.25, 0.3) is 11.0 Å². The summed E-state index contributed by atoms with van der Waals surface area (Å²) in [4.78, 5) is 19.3. The highest BCUT2D eigenvalue weighted by Crippen LogP contribution is 2.16. The highest BCUT2D eigenvalue weighted by Gasteiger charge is 2.07. The lowest BCUT2D eigenvalue weighted by Crippen LogP contribution is -2.12. The number of carbonyl (C=O) groups is 1. The fourth-order valence-corrected chi connectivity index (χ4v) is 2.06. The van der Waals surface area contributed by atoms with Crippen molar-refractivity contribution in [3.8, 4) is 0 Å². The van der Waals surface area contributed by atoms with E-state index in [2.05, 4.69) is 15.3 Å². The number of aromatic nitrogens is 2. The lowest BCUT2D eigenvalue weighted by atomic mass is 10.1. The molecule has 0 saturated carbocycles. The van der Waals surface area contributed by atoms with Gasteiger partial charge < -0.3 is 16.0 Å². The van der Waals surface area contributed by atoms with Crippen LogP contribution in [0.2, 0.25) is 0 Å². The number of fused-ring (bicyclic) bond motifs is 1. The third-order valence-corrected chi connectivity index (χ3v) is 3.10. The van der Waals surface area contributed by atoms with Gasteiger partial charge in [-0.05, 0) is 35.9 Å². The van der Waals surface area contributed by atoms with Gasteiger partial charge in [-0.3, -0.25) is 4.79 Å². The maximum absolute atomic E-state index is 12.2. The van der Waals surface area contributed by atoms with Crippen molar-refractivity contribution in [1.29, 1.82) is 0 Å². The van der Waals surface area contributed by atoms with E-state index in [1.807, 2.05) is 30.3 Å². The van der Waals surface area contributed by atoms with Crippen molar-refractivity contribution in [2.24, 2.45) is 5.73 Å². The predicted octanol–water partition coefficient (Wildman–Crippen LogP) is 2.27. The van der Waals surface area contributed by atoms with E-state index < -0.39 is 0 Å². The summed E-state index contributed by atoms with van der Waals surface area (Å²) >= 11 is 0. The fraction of sp³-hybridized carbons (Fsp3) is 0.0667. The summed E-state index contributed by atoms with van der Waals surface area (Å²) in [5, 5.41) is 2.86. The van der Waals surface area contributed by atoms with Crippen LogP contribution in [0.15, 0.2) is 48.8 Å². The van der Waals surface area contributed by atoms with Crippen LogP contribution in [-0.2, 0) is 6.54 Å². The van der Waals surface area contributed by atoms with Crippen LogP contribution >= 0.6 is 0 Å². The van der Waals surface area contributed by atoms with Gasteiger partial charge in [-0.25, -0.2) is 4.98 Å². The second kappa shape index (κ2) is 5.14. The number of amides is 1. The summed E-state index contributed by atoms with van der Waals surface area (Å²) in [6.45, 7) is 0.418. The molecule has 0 aliphatic rings. The molecule has 3 aromatic rings. The summed E-state index contributed by atoms with van der Waals surface area (Å²) in [5.41, 5.74) is 9.59. The quantitative estimate of drug-likeness (QED) is 0.680. The zero-order valence-corrected chi connectivity index (χ0v) is 10.8. The molecular formula is C15H14N4O. The number of nitrogens with zero attached hydrogens (tertiary/aromatic N) is 1. The minimum atomic E-state index is -0.154. The Balaban J connectivity index is 1.83. The van der Waals surface area contributed by atoms with Crippen molar-refractivity contribution in [1.82, 2.24) is 9.97 Å². The monoisotopic (exact) mass is 266 g/mol. The minimum Gasteiger partial charge on any atom is -0.345 e. The van der Waals surface area contributed by atoms with Gasteiger partial charge in [-0.15, -0.1) is 0 Å². The molecule has 0 atom stereocenters. The molecule has 0 aliphatic heterocycles. The number of imidazole rings is 1. The minimum absolute atomic E-state index is 0.154. The standard InChI is InChI=1S/C15H14N4O/c16-8-10-2-1-3-11(6-10)15(20)19-12-4-5-13-14(7-12)18-9-17-13/h1-7,9H,8,16H2,(H,17,18)(H,19,20). The Bertz CT molecular complexity index is 763. The van der Waals surface area contributed by atoms with Crippen LogP contribution in [-0.4, -0.2) is 15.9 Å². The number of anilines is 1. The van der Waals surface area contributed by atoms with Gasteiger partial charge in [0.15, 0.2) is 0 Å². The number of hydrogen-bond donors (Lipinski definition) is 3. The van der Waals surface area contributed by atoms with Crippen molar-refractivity contribution in [2.45, 2.75) is 6.54 Å². The number of nitrogens with one attached hydrogen (secondary N) is 2. The molecule has 1 amide bonds. The van der Waals surface area contributed by atoms with Crippen molar-refractivity contribution in [2.75, 3.05) is 5.32 Å². The van der Waals surface area contributed by atoms with Gasteiger partial charge in [-0.2, -0.15) is 0 Å². The molecule has 0 bridgehead atoms. The van der Waals surface area contributed by atoms with Gasteiger partial charge in [-0.1, -0.05) is 12.1 Å². The topological polar surface area (TPSA) is 83.8 Å². The highest BCUT2D eigenvalue weighted by atomic mass is 16.1. The average molecular weight is 266 g/mol. The number of nitrogens with two attached hydrogens (primary N) is 1. The van der Waals surface area contributed by atoms with E-state index in [0.29, 0.717) is 12.1 Å². The Hall–Kier alpha value is -2.66. The lowest BCUT2D eigenvalue weighted by Gasteiger charge is -2.06. The number of carbonyl (C=O) groups excluding carboxylic acids is 1. The maximum Gasteiger partial charge on any atom is 0.255 e. The van der Waals surface area contributed by atoms with Crippen molar-refractivity contribution in [3.05, 3.63) is 59.9 Å². The zero-order chi connectivity index (χ0) is 13.9. The average Bonchev–Trinajstić information content (AvgIpc) is 2.95. The summed E-state index contributed by atoms with van der Waals surface area (Å²) < 4.78 is 0. The zero-order valence-electron chi connectivity index (χ0n) is 10.8. The van der Waals surface area contributed by atoms with Gasteiger partial charge in [0, 0.05) is 17.8 Å². The Morgan fingerprint density at radius 2 is 2.15 bits per heavy atom. The van der Waals surface area contributed by atoms with Gasteiger partial charge in [0.05, 0.1) is 17.4 Å². The number of benzene rings is 2. The van der Waals surface area contributed by atoms with E-state index in [-0.39, 0.29) is 5.91 Å². The van der Waals surface area contributed by atoms with Crippen LogP contribution in [0.4, 0.5) is 5.69 Å². The number of hydrogen-bond acceptors (Lipinski definition) is 3. The van der Waals surface area contributed by atoms with Crippen LogP contribution in [0.3, 0.4) is 0 Å². The molecule has 0 fully saturated rings. The molecule has 100 valence electrons. The predicted molar refractivity (Wildman–Crippen MR) is 78.4 cm³/mol. The molecule has 1 heterocycles. The van der Waals surface area contributed by atoms with Crippen molar-refractivity contribution >= 4 is 22.6 Å². The fourth-order valence-electron chi connectivity index (χ4n) is 2.06. The van der Waals surface area contributed by atoms with E-state index in [1.54, 1.807) is 18.5 Å². The Morgan fingerprint density at radius 1 is 1.25 bits per heavy atom. The van der Waals surface area contributed by atoms with Crippen molar-refractivity contribution in [3.63, 3.8) is 0 Å². The molecular weight excluding hydrogens is 252 g/mol. The van der Waals surface area contributed by atoms with E-state index >= 15 is 0 Å². The normalized spacial score (nSPS) is 10.7. The molecule has 0 unspecified atom stereocenters. The smallest absolute Gasteiger partial charge is 0.255 e. The highest BCUT2D eigenvalue weighted by molar-refractivity contribution is 6.05. The Labute approximate surface area is 115 Å². The molecule has 5 heteroatoms. The van der Waals surface area contributed by atoms with E-state index in [9.17, 15) is 4.79 Å². The number of rotatable bonds is 3. The molecule has 0 saturated heterocycles. The first kappa shape index (κ1) is 12.4. The first-order chi connectivity index (χ1) is 9.76. The van der Waals surface area contributed by atoms with Crippen LogP contribution < -0.4 is 11.1 Å². The number of H-pyrrole nitrogens is 1. The second-order valence-corrected chi connectivity index (χ2v) is 4.49. The first-order valence-electron chi connectivity index (χ1n) is 6.30. The molecule has 0 spiro atoms. The van der Waals surface area contributed by atoms with E-state index in [1.165, 1.54) is 0 Å². The van der Waals surface area contributed by atoms with E-state index in [4.69, 9.17) is 5.73 Å². The third-order valence-electron chi connectivity index (χ3n) is 3.10. The molecule has 0 radical (unpaired) electrons. The molecule has 1 aromatic heterocycles. The largest absolute Gasteiger partial charge is 0.345 e.